The summed E-state index contributed by atoms with van der Waals surface area (Å²) in [5, 5.41) is 7.96. The van der Waals surface area contributed by atoms with Crippen LogP contribution in [0.3, 0.4) is 0 Å². The molecule has 0 aromatic heterocycles. The van der Waals surface area contributed by atoms with Crippen molar-refractivity contribution in [1.82, 2.24) is 5.43 Å². The van der Waals surface area contributed by atoms with Gasteiger partial charge in [0, 0.05) is 16.3 Å². The van der Waals surface area contributed by atoms with Crippen LogP contribution in [0.25, 0.3) is 0 Å². The summed E-state index contributed by atoms with van der Waals surface area (Å²) in [6.45, 7) is 4.21. The lowest BCUT2D eigenvalue weighted by Gasteiger charge is -2.07. The molecular weight excluding hydrogens is 333 g/mol. The SMILES string of the molecule is Cc1ccc(NCC(=O)N/N=C\c2ccc(Cl)cc2Cl)cc1C. The molecule has 0 aliphatic heterocycles. The zero-order chi connectivity index (χ0) is 16.8. The molecule has 2 aromatic rings. The lowest BCUT2D eigenvalue weighted by atomic mass is 10.1. The van der Waals surface area contributed by atoms with E-state index in [0.29, 0.717) is 15.6 Å². The maximum atomic E-state index is 11.8. The van der Waals surface area contributed by atoms with Crippen molar-refractivity contribution in [3.63, 3.8) is 0 Å². The molecule has 0 saturated carbocycles. The van der Waals surface area contributed by atoms with Crippen LogP contribution in [-0.4, -0.2) is 18.7 Å². The molecule has 0 saturated heterocycles. The second kappa shape index (κ2) is 7.99. The summed E-state index contributed by atoms with van der Waals surface area (Å²) in [7, 11) is 0. The number of nitrogens with one attached hydrogen (secondary N) is 2. The van der Waals surface area contributed by atoms with E-state index >= 15 is 0 Å². The topological polar surface area (TPSA) is 53.5 Å². The number of halogens is 2. The van der Waals surface area contributed by atoms with Gasteiger partial charge in [0.25, 0.3) is 5.91 Å². The predicted octanol–water partition coefficient (Wildman–Crippen LogP) is 4.17. The van der Waals surface area contributed by atoms with Crippen LogP contribution < -0.4 is 10.7 Å². The molecular formula is C17H17Cl2N3O. The van der Waals surface area contributed by atoms with Crippen LogP contribution in [0.1, 0.15) is 16.7 Å². The fraction of sp³-hybridized carbons (Fsp3) is 0.176. The van der Waals surface area contributed by atoms with Crippen molar-refractivity contribution in [2.24, 2.45) is 5.10 Å². The van der Waals surface area contributed by atoms with Gasteiger partial charge < -0.3 is 5.32 Å². The minimum Gasteiger partial charge on any atom is -0.376 e. The minimum absolute atomic E-state index is 0.133. The van der Waals surface area contributed by atoms with Crippen molar-refractivity contribution in [3.8, 4) is 0 Å². The van der Waals surface area contributed by atoms with E-state index in [0.717, 1.165) is 5.69 Å². The van der Waals surface area contributed by atoms with Gasteiger partial charge in [0.2, 0.25) is 0 Å². The average Bonchev–Trinajstić information content (AvgIpc) is 2.50. The first-order valence-corrected chi connectivity index (χ1v) is 7.79. The molecule has 0 radical (unpaired) electrons. The zero-order valence-electron chi connectivity index (χ0n) is 12.9. The van der Waals surface area contributed by atoms with Crippen LogP contribution >= 0.6 is 23.2 Å². The number of hydrazone groups is 1. The molecule has 0 fully saturated rings. The first kappa shape index (κ1) is 17.3. The third kappa shape index (κ3) is 5.27. The minimum atomic E-state index is -0.246. The molecule has 2 N–H and O–H groups in total. The Kier molecular flexibility index (Phi) is 6.02. The Bertz CT molecular complexity index is 745. The van der Waals surface area contributed by atoms with Gasteiger partial charge in [-0.15, -0.1) is 0 Å². The van der Waals surface area contributed by atoms with Gasteiger partial charge in [-0.05, 0) is 49.2 Å². The highest BCUT2D eigenvalue weighted by Gasteiger charge is 2.02. The third-order valence-electron chi connectivity index (χ3n) is 3.32. The Labute approximate surface area is 145 Å². The van der Waals surface area contributed by atoms with E-state index in [-0.39, 0.29) is 12.5 Å². The van der Waals surface area contributed by atoms with Crippen LogP contribution in [0.5, 0.6) is 0 Å². The van der Waals surface area contributed by atoms with Crippen LogP contribution in [0.15, 0.2) is 41.5 Å². The summed E-state index contributed by atoms with van der Waals surface area (Å²) in [6.07, 6.45) is 1.48. The number of rotatable bonds is 5. The van der Waals surface area contributed by atoms with Crippen molar-refractivity contribution < 1.29 is 4.79 Å². The lowest BCUT2D eigenvalue weighted by molar-refractivity contribution is -0.119. The number of amides is 1. The van der Waals surface area contributed by atoms with E-state index in [4.69, 9.17) is 23.2 Å². The van der Waals surface area contributed by atoms with Gasteiger partial charge in [-0.1, -0.05) is 35.3 Å². The molecule has 0 spiro atoms. The van der Waals surface area contributed by atoms with Crippen molar-refractivity contribution in [3.05, 3.63) is 63.1 Å². The molecule has 0 atom stereocenters. The number of hydrogen-bond donors (Lipinski definition) is 2. The van der Waals surface area contributed by atoms with Gasteiger partial charge in [-0.25, -0.2) is 5.43 Å². The number of anilines is 1. The smallest absolute Gasteiger partial charge is 0.259 e. The molecule has 2 rings (SSSR count). The van der Waals surface area contributed by atoms with Crippen LogP contribution in [0.4, 0.5) is 5.69 Å². The number of benzene rings is 2. The second-order valence-electron chi connectivity index (χ2n) is 5.11. The molecule has 0 aliphatic carbocycles. The molecule has 6 heteroatoms. The molecule has 1 amide bonds. The largest absolute Gasteiger partial charge is 0.376 e. The molecule has 120 valence electrons. The van der Waals surface area contributed by atoms with Gasteiger partial charge >= 0.3 is 0 Å². The van der Waals surface area contributed by atoms with E-state index in [2.05, 4.69) is 15.8 Å². The maximum absolute atomic E-state index is 11.8. The Morgan fingerprint density at radius 1 is 1.13 bits per heavy atom. The Morgan fingerprint density at radius 2 is 1.91 bits per heavy atom. The lowest BCUT2D eigenvalue weighted by Crippen LogP contribution is -2.25. The zero-order valence-corrected chi connectivity index (χ0v) is 14.4. The van der Waals surface area contributed by atoms with E-state index in [1.807, 2.05) is 32.0 Å². The number of aryl methyl sites for hydroxylation is 2. The summed E-state index contributed by atoms with van der Waals surface area (Å²) in [5.74, 6) is -0.246. The van der Waals surface area contributed by atoms with E-state index in [1.54, 1.807) is 18.2 Å². The molecule has 4 nitrogen and oxygen atoms in total. The Balaban J connectivity index is 1.85. The Morgan fingerprint density at radius 3 is 2.61 bits per heavy atom. The van der Waals surface area contributed by atoms with Crippen LogP contribution in [0, 0.1) is 13.8 Å². The highest BCUT2D eigenvalue weighted by atomic mass is 35.5. The number of carbonyl (C=O) groups is 1. The fourth-order valence-electron chi connectivity index (χ4n) is 1.85. The van der Waals surface area contributed by atoms with Crippen molar-refractivity contribution >= 4 is 41.0 Å². The molecule has 0 heterocycles. The summed E-state index contributed by atoms with van der Waals surface area (Å²) >= 11 is 11.8. The van der Waals surface area contributed by atoms with E-state index in [9.17, 15) is 4.79 Å². The molecule has 0 unspecified atom stereocenters. The summed E-state index contributed by atoms with van der Waals surface area (Å²) < 4.78 is 0. The monoisotopic (exact) mass is 349 g/mol. The molecule has 23 heavy (non-hydrogen) atoms. The maximum Gasteiger partial charge on any atom is 0.259 e. The normalized spacial score (nSPS) is 10.8. The summed E-state index contributed by atoms with van der Waals surface area (Å²) in [5.41, 5.74) is 6.41. The first-order chi connectivity index (χ1) is 11.0. The van der Waals surface area contributed by atoms with Crippen molar-refractivity contribution in [2.45, 2.75) is 13.8 Å². The van der Waals surface area contributed by atoms with Gasteiger partial charge in [-0.2, -0.15) is 5.10 Å². The van der Waals surface area contributed by atoms with Gasteiger partial charge in [0.15, 0.2) is 0 Å². The highest BCUT2D eigenvalue weighted by Crippen LogP contribution is 2.19. The number of hydrogen-bond acceptors (Lipinski definition) is 3. The average molecular weight is 350 g/mol. The van der Waals surface area contributed by atoms with Crippen LogP contribution in [-0.2, 0) is 4.79 Å². The predicted molar refractivity (Wildman–Crippen MR) is 96.6 cm³/mol. The highest BCUT2D eigenvalue weighted by molar-refractivity contribution is 6.36. The molecule has 0 bridgehead atoms. The van der Waals surface area contributed by atoms with Crippen molar-refractivity contribution in [2.75, 3.05) is 11.9 Å². The summed E-state index contributed by atoms with van der Waals surface area (Å²) in [6, 6.07) is 11.0. The first-order valence-electron chi connectivity index (χ1n) is 7.04. The third-order valence-corrected chi connectivity index (χ3v) is 3.88. The molecule has 0 aliphatic rings. The number of carbonyl (C=O) groups excluding carboxylic acids is 1. The van der Waals surface area contributed by atoms with Gasteiger partial charge in [0.05, 0.1) is 17.8 Å². The quantitative estimate of drug-likeness (QED) is 0.628. The number of nitrogens with zero attached hydrogens (tertiary/aromatic N) is 1. The van der Waals surface area contributed by atoms with Gasteiger partial charge in [-0.3, -0.25) is 4.79 Å². The van der Waals surface area contributed by atoms with Crippen molar-refractivity contribution in [1.29, 1.82) is 0 Å². The summed E-state index contributed by atoms with van der Waals surface area (Å²) in [4.78, 5) is 11.8. The molecule has 2 aromatic carbocycles. The van der Waals surface area contributed by atoms with E-state index in [1.165, 1.54) is 17.3 Å². The van der Waals surface area contributed by atoms with E-state index < -0.39 is 0 Å². The van der Waals surface area contributed by atoms with Crippen LogP contribution in [0.2, 0.25) is 10.0 Å². The second-order valence-corrected chi connectivity index (χ2v) is 5.96. The Hall–Kier alpha value is -2.04. The van der Waals surface area contributed by atoms with Gasteiger partial charge in [0.1, 0.15) is 0 Å². The fourth-order valence-corrected chi connectivity index (χ4v) is 2.31. The standard InChI is InChI=1S/C17H17Cl2N3O/c1-11-3-6-15(7-12(11)2)20-10-17(23)22-21-9-13-4-5-14(18)8-16(13)19/h3-9,20H,10H2,1-2H3,(H,22,23)/b21-9-.